The maximum absolute atomic E-state index is 6.00. The largest absolute Gasteiger partial charge is 0.497 e. The van der Waals surface area contributed by atoms with Crippen molar-refractivity contribution in [1.82, 2.24) is 4.98 Å². The summed E-state index contributed by atoms with van der Waals surface area (Å²) < 4.78 is 11.3. The second-order valence-corrected chi connectivity index (χ2v) is 4.97. The Hall–Kier alpha value is -2.59. The Balaban J connectivity index is 1.98. The second kappa shape index (κ2) is 6.45. The number of methoxy groups -OCH3 is 1. The van der Waals surface area contributed by atoms with Crippen molar-refractivity contribution in [2.75, 3.05) is 7.11 Å². The third-order valence-electron chi connectivity index (χ3n) is 3.48. The van der Waals surface area contributed by atoms with Gasteiger partial charge in [-0.15, -0.1) is 0 Å². The van der Waals surface area contributed by atoms with Gasteiger partial charge in [0.25, 0.3) is 0 Å². The molecule has 0 saturated heterocycles. The van der Waals surface area contributed by atoms with Gasteiger partial charge in [-0.25, -0.2) is 0 Å². The zero-order chi connectivity index (χ0) is 15.4. The summed E-state index contributed by atoms with van der Waals surface area (Å²) in [5.41, 5.74) is 8.51. The highest BCUT2D eigenvalue weighted by molar-refractivity contribution is 5.86. The number of hydrogen-bond donors (Lipinski definition) is 1. The molecule has 2 N–H and O–H groups in total. The van der Waals surface area contributed by atoms with E-state index in [-0.39, 0.29) is 0 Å². The average molecular weight is 294 g/mol. The molecular weight excluding hydrogens is 276 g/mol. The average Bonchev–Trinajstić information content (AvgIpc) is 2.59. The Bertz CT molecular complexity index is 773. The molecule has 22 heavy (non-hydrogen) atoms. The zero-order valence-electron chi connectivity index (χ0n) is 12.5. The standard InChI is InChI=1S/C18H18N2O2/c1-21-15-7-8-17-16(10-15)18(9-14(11-19)20-17)22-12-13-5-3-2-4-6-13/h2-10H,11-12,19H2,1H3. The Kier molecular flexibility index (Phi) is 4.21. The lowest BCUT2D eigenvalue weighted by Crippen LogP contribution is -2.03. The fourth-order valence-electron chi connectivity index (χ4n) is 2.31. The number of aromatic nitrogens is 1. The normalized spacial score (nSPS) is 10.6. The molecule has 0 atom stereocenters. The van der Waals surface area contributed by atoms with E-state index in [0.29, 0.717) is 13.2 Å². The molecule has 0 spiro atoms. The van der Waals surface area contributed by atoms with Crippen molar-refractivity contribution in [2.45, 2.75) is 13.2 Å². The van der Waals surface area contributed by atoms with Crippen LogP contribution in [-0.4, -0.2) is 12.1 Å². The van der Waals surface area contributed by atoms with E-state index >= 15 is 0 Å². The van der Waals surface area contributed by atoms with Gasteiger partial charge in [0.05, 0.1) is 18.3 Å². The molecule has 1 heterocycles. The van der Waals surface area contributed by atoms with Gasteiger partial charge in [0.15, 0.2) is 0 Å². The van der Waals surface area contributed by atoms with Gasteiger partial charge in [0, 0.05) is 18.0 Å². The van der Waals surface area contributed by atoms with Crippen LogP contribution in [-0.2, 0) is 13.2 Å². The molecule has 2 aromatic carbocycles. The van der Waals surface area contributed by atoms with Crippen molar-refractivity contribution in [2.24, 2.45) is 5.73 Å². The number of benzene rings is 2. The van der Waals surface area contributed by atoms with Gasteiger partial charge in [-0.05, 0) is 23.8 Å². The van der Waals surface area contributed by atoms with Gasteiger partial charge < -0.3 is 15.2 Å². The summed E-state index contributed by atoms with van der Waals surface area (Å²) in [5, 5.41) is 0.924. The SMILES string of the molecule is COc1ccc2nc(CN)cc(OCc3ccccc3)c2c1. The van der Waals surface area contributed by atoms with E-state index in [2.05, 4.69) is 4.98 Å². The Morgan fingerprint density at radius 1 is 1.05 bits per heavy atom. The lowest BCUT2D eigenvalue weighted by Gasteiger charge is -2.12. The topological polar surface area (TPSA) is 57.4 Å². The fourth-order valence-corrected chi connectivity index (χ4v) is 2.31. The minimum Gasteiger partial charge on any atom is -0.497 e. The molecule has 4 heteroatoms. The number of nitrogens with two attached hydrogens (primary N) is 1. The van der Waals surface area contributed by atoms with E-state index in [1.807, 2.05) is 54.6 Å². The number of nitrogens with zero attached hydrogens (tertiary/aromatic N) is 1. The monoisotopic (exact) mass is 294 g/mol. The number of ether oxygens (including phenoxy) is 2. The molecule has 0 fully saturated rings. The van der Waals surface area contributed by atoms with Crippen LogP contribution in [0.4, 0.5) is 0 Å². The number of pyridine rings is 1. The number of hydrogen-bond acceptors (Lipinski definition) is 4. The molecule has 112 valence electrons. The molecule has 0 aliphatic carbocycles. The lowest BCUT2D eigenvalue weighted by atomic mass is 10.1. The van der Waals surface area contributed by atoms with E-state index < -0.39 is 0 Å². The lowest BCUT2D eigenvalue weighted by molar-refractivity contribution is 0.309. The van der Waals surface area contributed by atoms with Crippen molar-refractivity contribution in [3.05, 3.63) is 65.9 Å². The number of rotatable bonds is 5. The minimum atomic E-state index is 0.379. The first-order chi connectivity index (χ1) is 10.8. The molecule has 0 bridgehead atoms. The van der Waals surface area contributed by atoms with E-state index in [1.54, 1.807) is 7.11 Å². The van der Waals surface area contributed by atoms with Crippen LogP contribution >= 0.6 is 0 Å². The maximum atomic E-state index is 6.00. The van der Waals surface area contributed by atoms with Gasteiger partial charge in [0.1, 0.15) is 18.1 Å². The first-order valence-corrected chi connectivity index (χ1v) is 7.14. The molecular formula is C18H18N2O2. The summed E-state index contributed by atoms with van der Waals surface area (Å²) in [7, 11) is 1.65. The zero-order valence-corrected chi connectivity index (χ0v) is 12.5. The Morgan fingerprint density at radius 2 is 1.86 bits per heavy atom. The fraction of sp³-hybridized carbons (Fsp3) is 0.167. The maximum Gasteiger partial charge on any atom is 0.131 e. The van der Waals surface area contributed by atoms with Crippen LogP contribution in [0.25, 0.3) is 10.9 Å². The molecule has 0 aliphatic heterocycles. The van der Waals surface area contributed by atoms with E-state index in [4.69, 9.17) is 15.2 Å². The van der Waals surface area contributed by atoms with Crippen LogP contribution in [0.3, 0.4) is 0 Å². The third kappa shape index (κ3) is 3.02. The van der Waals surface area contributed by atoms with E-state index in [0.717, 1.165) is 33.7 Å². The van der Waals surface area contributed by atoms with Crippen LogP contribution in [0.15, 0.2) is 54.6 Å². The van der Waals surface area contributed by atoms with Crippen molar-refractivity contribution >= 4 is 10.9 Å². The van der Waals surface area contributed by atoms with Gasteiger partial charge >= 0.3 is 0 Å². The van der Waals surface area contributed by atoms with Crippen molar-refractivity contribution in [3.63, 3.8) is 0 Å². The van der Waals surface area contributed by atoms with Crippen molar-refractivity contribution in [1.29, 1.82) is 0 Å². The first kappa shape index (κ1) is 14.4. The summed E-state index contributed by atoms with van der Waals surface area (Å²) in [4.78, 5) is 4.52. The molecule has 3 rings (SSSR count). The quantitative estimate of drug-likeness (QED) is 0.784. The first-order valence-electron chi connectivity index (χ1n) is 7.14. The van der Waals surface area contributed by atoms with E-state index in [9.17, 15) is 0 Å². The Morgan fingerprint density at radius 3 is 2.59 bits per heavy atom. The molecule has 4 nitrogen and oxygen atoms in total. The molecule has 0 saturated carbocycles. The highest BCUT2D eigenvalue weighted by Gasteiger charge is 2.08. The molecule has 1 aromatic heterocycles. The number of fused-ring (bicyclic) bond motifs is 1. The second-order valence-electron chi connectivity index (χ2n) is 4.97. The predicted molar refractivity (Wildman–Crippen MR) is 87.0 cm³/mol. The molecule has 3 aromatic rings. The molecule has 0 aliphatic rings. The summed E-state index contributed by atoms with van der Waals surface area (Å²) in [6.45, 7) is 0.880. The summed E-state index contributed by atoms with van der Waals surface area (Å²) in [5.74, 6) is 1.55. The van der Waals surface area contributed by atoms with Crippen LogP contribution < -0.4 is 15.2 Å². The highest BCUT2D eigenvalue weighted by Crippen LogP contribution is 2.29. The summed E-state index contributed by atoms with van der Waals surface area (Å²) >= 11 is 0. The van der Waals surface area contributed by atoms with Gasteiger partial charge in [-0.3, -0.25) is 4.98 Å². The summed E-state index contributed by atoms with van der Waals surface area (Å²) in [6.07, 6.45) is 0. The van der Waals surface area contributed by atoms with Crippen LogP contribution in [0.2, 0.25) is 0 Å². The predicted octanol–water partition coefficient (Wildman–Crippen LogP) is 3.28. The van der Waals surface area contributed by atoms with Gasteiger partial charge in [-0.1, -0.05) is 30.3 Å². The van der Waals surface area contributed by atoms with Gasteiger partial charge in [0.2, 0.25) is 0 Å². The van der Waals surface area contributed by atoms with Crippen molar-refractivity contribution in [3.8, 4) is 11.5 Å². The smallest absolute Gasteiger partial charge is 0.131 e. The van der Waals surface area contributed by atoms with Crippen LogP contribution in [0.1, 0.15) is 11.3 Å². The van der Waals surface area contributed by atoms with E-state index in [1.165, 1.54) is 0 Å². The molecule has 0 radical (unpaired) electrons. The molecule has 0 amide bonds. The minimum absolute atomic E-state index is 0.379. The van der Waals surface area contributed by atoms with Gasteiger partial charge in [-0.2, -0.15) is 0 Å². The third-order valence-corrected chi connectivity index (χ3v) is 3.48. The Labute approximate surface area is 129 Å². The van der Waals surface area contributed by atoms with Crippen LogP contribution in [0, 0.1) is 0 Å². The summed E-state index contributed by atoms with van der Waals surface area (Å²) in [6, 6.07) is 17.7. The highest BCUT2D eigenvalue weighted by atomic mass is 16.5. The van der Waals surface area contributed by atoms with Crippen molar-refractivity contribution < 1.29 is 9.47 Å². The molecule has 0 unspecified atom stereocenters. The van der Waals surface area contributed by atoms with Crippen LogP contribution in [0.5, 0.6) is 11.5 Å².